The number of benzene rings is 2. The molecule has 0 aromatic heterocycles. The summed E-state index contributed by atoms with van der Waals surface area (Å²) in [7, 11) is 2.10. The van der Waals surface area contributed by atoms with E-state index in [0.29, 0.717) is 16.3 Å². The molecule has 0 saturated heterocycles. The van der Waals surface area contributed by atoms with Crippen LogP contribution in [0.5, 0.6) is 5.75 Å². The molecule has 26 heavy (non-hydrogen) atoms. The average Bonchev–Trinajstić information content (AvgIpc) is 2.63. The monoisotopic (exact) mass is 390 g/mol. The zero-order valence-electron chi connectivity index (χ0n) is 15.3. The van der Waals surface area contributed by atoms with Gasteiger partial charge >= 0.3 is 5.23 Å². The fraction of sp³-hybridized carbons (Fsp3) is 0.300. The highest BCUT2D eigenvalue weighted by Crippen LogP contribution is 2.29. The Morgan fingerprint density at radius 2 is 1.96 bits per heavy atom. The predicted octanol–water partition coefficient (Wildman–Crippen LogP) is 3.91. The van der Waals surface area contributed by atoms with Crippen molar-refractivity contribution in [3.8, 4) is 5.75 Å². The van der Waals surface area contributed by atoms with E-state index in [9.17, 15) is 0 Å². The number of rotatable bonds is 6. The van der Waals surface area contributed by atoms with Crippen LogP contribution in [0.3, 0.4) is 0 Å². The van der Waals surface area contributed by atoms with Crippen LogP contribution >= 0.6 is 11.6 Å². The second-order valence-corrected chi connectivity index (χ2v) is 6.92. The van der Waals surface area contributed by atoms with Gasteiger partial charge in [-0.2, -0.15) is 0 Å². The number of nitrogens with zero attached hydrogens (tertiary/aromatic N) is 2. The van der Waals surface area contributed by atoms with E-state index in [1.54, 1.807) is 0 Å². The third kappa shape index (κ3) is 5.87. The number of aliphatic imine (C=N–C) groups is 1. The number of nitrogens with one attached hydrogen (secondary N) is 1. The SMILES string of the molecule is CCN(C)CCc1cc(Cl)c(OC([SH2+])=NC(=N)c2ccccc2)cc1C. The first-order chi connectivity index (χ1) is 12.4. The van der Waals surface area contributed by atoms with E-state index in [1.807, 2.05) is 49.4 Å². The molecule has 0 aliphatic heterocycles. The van der Waals surface area contributed by atoms with Gasteiger partial charge in [0.05, 0.1) is 17.7 Å². The molecule has 6 heteroatoms. The summed E-state index contributed by atoms with van der Waals surface area (Å²) in [6, 6.07) is 13.1. The van der Waals surface area contributed by atoms with Crippen LogP contribution in [0.2, 0.25) is 5.02 Å². The van der Waals surface area contributed by atoms with Gasteiger partial charge in [0, 0.05) is 12.1 Å². The zero-order chi connectivity index (χ0) is 19.1. The fourth-order valence-corrected chi connectivity index (χ4v) is 2.85. The zero-order valence-corrected chi connectivity index (χ0v) is 17.1. The Balaban J connectivity index is 2.10. The van der Waals surface area contributed by atoms with Crippen LogP contribution in [0.25, 0.3) is 0 Å². The van der Waals surface area contributed by atoms with E-state index in [0.717, 1.165) is 25.1 Å². The summed E-state index contributed by atoms with van der Waals surface area (Å²) in [5.41, 5.74) is 3.03. The molecule has 0 amide bonds. The number of hydrogen-bond acceptors (Lipinski definition) is 3. The van der Waals surface area contributed by atoms with Crippen molar-refractivity contribution >= 4 is 35.3 Å². The lowest BCUT2D eigenvalue weighted by Crippen LogP contribution is -2.20. The van der Waals surface area contributed by atoms with Gasteiger partial charge in [-0.3, -0.25) is 5.41 Å². The Morgan fingerprint density at radius 3 is 2.62 bits per heavy atom. The van der Waals surface area contributed by atoms with Gasteiger partial charge in [0.1, 0.15) is 0 Å². The summed E-state index contributed by atoms with van der Waals surface area (Å²) in [5, 5.41) is 8.76. The minimum absolute atomic E-state index is 0.114. The number of halogens is 1. The fourth-order valence-electron chi connectivity index (χ4n) is 2.40. The second kappa shape index (κ2) is 9.76. The minimum atomic E-state index is 0.114. The normalized spacial score (nSPS) is 11.7. The van der Waals surface area contributed by atoms with Crippen LogP contribution in [-0.2, 0) is 19.0 Å². The molecule has 1 N–H and O–H groups in total. The van der Waals surface area contributed by atoms with Gasteiger partial charge in [-0.05, 0) is 50.2 Å². The van der Waals surface area contributed by atoms with Gasteiger partial charge in [-0.1, -0.05) is 48.9 Å². The van der Waals surface area contributed by atoms with Crippen molar-refractivity contribution in [3.05, 3.63) is 64.2 Å². The highest BCUT2D eigenvalue weighted by Gasteiger charge is 2.13. The Morgan fingerprint density at radius 1 is 1.27 bits per heavy atom. The van der Waals surface area contributed by atoms with Crippen molar-refractivity contribution in [2.24, 2.45) is 4.99 Å². The summed E-state index contributed by atoms with van der Waals surface area (Å²) >= 11 is 9.71. The van der Waals surface area contributed by atoms with Gasteiger partial charge in [0.2, 0.25) is 0 Å². The van der Waals surface area contributed by atoms with Crippen molar-refractivity contribution in [3.63, 3.8) is 0 Å². The summed E-state index contributed by atoms with van der Waals surface area (Å²) < 4.78 is 5.70. The molecular formula is C20H25ClN3OS+. The number of amidine groups is 1. The number of likely N-dealkylation sites (N-methyl/N-ethyl adjacent to an activating group) is 1. The number of hydrogen-bond donors (Lipinski definition) is 1. The highest BCUT2D eigenvalue weighted by atomic mass is 35.5. The van der Waals surface area contributed by atoms with Crippen molar-refractivity contribution in [1.29, 1.82) is 5.41 Å². The first-order valence-electron chi connectivity index (χ1n) is 8.50. The van der Waals surface area contributed by atoms with Gasteiger partial charge < -0.3 is 9.64 Å². The quantitative estimate of drug-likeness (QED) is 0.461. The molecule has 0 fully saturated rings. The second-order valence-electron chi connectivity index (χ2n) is 6.09. The Hall–Kier alpha value is -1.82. The number of aryl methyl sites for hydroxylation is 1. The van der Waals surface area contributed by atoms with E-state index in [-0.39, 0.29) is 11.1 Å². The van der Waals surface area contributed by atoms with E-state index in [1.165, 1.54) is 5.56 Å². The molecule has 0 bridgehead atoms. The van der Waals surface area contributed by atoms with Gasteiger partial charge in [-0.25, -0.2) is 0 Å². The van der Waals surface area contributed by atoms with Crippen LogP contribution in [0.4, 0.5) is 0 Å². The van der Waals surface area contributed by atoms with Gasteiger partial charge in [-0.15, -0.1) is 4.99 Å². The molecule has 2 aromatic carbocycles. The molecule has 4 nitrogen and oxygen atoms in total. The summed E-state index contributed by atoms with van der Waals surface area (Å²) in [6.07, 6.45) is 0.934. The summed E-state index contributed by atoms with van der Waals surface area (Å²) in [4.78, 5) is 6.39. The maximum Gasteiger partial charge on any atom is 0.414 e. The molecule has 0 radical (unpaired) electrons. The van der Waals surface area contributed by atoms with Crippen LogP contribution in [0, 0.1) is 12.3 Å². The van der Waals surface area contributed by atoms with Crippen molar-refractivity contribution in [2.45, 2.75) is 20.3 Å². The lowest BCUT2D eigenvalue weighted by Gasteiger charge is -2.15. The summed E-state index contributed by atoms with van der Waals surface area (Å²) in [6.45, 7) is 6.18. The van der Waals surface area contributed by atoms with E-state index < -0.39 is 0 Å². The first-order valence-corrected chi connectivity index (χ1v) is 9.38. The Kier molecular flexibility index (Phi) is 7.69. The van der Waals surface area contributed by atoms with Crippen molar-refractivity contribution in [1.82, 2.24) is 4.90 Å². The van der Waals surface area contributed by atoms with Crippen LogP contribution < -0.4 is 4.74 Å². The molecule has 0 spiro atoms. The Bertz CT molecular complexity index is 793. The molecule has 0 saturated carbocycles. The topological polar surface area (TPSA) is 48.7 Å². The van der Waals surface area contributed by atoms with Crippen molar-refractivity contribution in [2.75, 3.05) is 20.1 Å². The maximum absolute atomic E-state index is 8.03. The average molecular weight is 391 g/mol. The molecule has 0 aliphatic carbocycles. The Labute approximate surface area is 165 Å². The molecule has 2 aromatic rings. The van der Waals surface area contributed by atoms with Crippen LogP contribution in [0.1, 0.15) is 23.6 Å². The smallest absolute Gasteiger partial charge is 0.401 e. The maximum atomic E-state index is 8.03. The first kappa shape index (κ1) is 20.5. The molecule has 0 atom stereocenters. The predicted molar refractivity (Wildman–Crippen MR) is 115 cm³/mol. The van der Waals surface area contributed by atoms with Crippen molar-refractivity contribution < 1.29 is 4.74 Å². The van der Waals surface area contributed by atoms with Gasteiger partial charge in [0.15, 0.2) is 11.6 Å². The number of ether oxygens (including phenoxy) is 1. The molecule has 0 unspecified atom stereocenters. The van der Waals surface area contributed by atoms with E-state index >= 15 is 0 Å². The molecule has 138 valence electrons. The third-order valence-corrected chi connectivity index (χ3v) is 4.67. The summed E-state index contributed by atoms with van der Waals surface area (Å²) in [5.74, 6) is 0.633. The largest absolute Gasteiger partial charge is 0.414 e. The van der Waals surface area contributed by atoms with E-state index in [4.69, 9.17) is 21.7 Å². The molecule has 0 heterocycles. The molecule has 0 aliphatic rings. The van der Waals surface area contributed by atoms with Crippen LogP contribution in [0.15, 0.2) is 47.5 Å². The lowest BCUT2D eigenvalue weighted by atomic mass is 10.1. The third-order valence-electron chi connectivity index (χ3n) is 4.16. The molecule has 2 rings (SSSR count). The lowest BCUT2D eigenvalue weighted by molar-refractivity contribution is 0.357. The minimum Gasteiger partial charge on any atom is -0.401 e. The highest BCUT2D eigenvalue weighted by molar-refractivity contribution is 7.77. The molecular weight excluding hydrogens is 366 g/mol. The van der Waals surface area contributed by atoms with Crippen LogP contribution in [-0.4, -0.2) is 36.1 Å². The standard InChI is InChI=1S/C20H24ClN3OS/c1-4-24(3)11-10-16-13-17(21)18(12-14(16)2)25-20(26)23-19(22)15-8-6-5-7-9-15/h5-9,12-13H,4,10-11H2,1-3H3,(H2,22,23,26)/p+1. The van der Waals surface area contributed by atoms with Gasteiger partial charge in [0.25, 0.3) is 0 Å². The van der Waals surface area contributed by atoms with E-state index in [2.05, 4.69) is 36.5 Å².